The number of amides is 5. The molecule has 1 atom stereocenters. The molecule has 4 aliphatic rings. The monoisotopic (exact) mass is 914 g/mol. The van der Waals surface area contributed by atoms with Gasteiger partial charge in [0.2, 0.25) is 23.7 Å². The fourth-order valence-electron chi connectivity index (χ4n) is 8.53. The van der Waals surface area contributed by atoms with Crippen molar-refractivity contribution in [1.82, 2.24) is 30.0 Å². The first-order chi connectivity index (χ1) is 30.9. The highest BCUT2D eigenvalue weighted by Gasteiger charge is 2.44. The van der Waals surface area contributed by atoms with Crippen molar-refractivity contribution in [3.05, 3.63) is 83.0 Å². The third-order valence-corrected chi connectivity index (χ3v) is 14.2. The van der Waals surface area contributed by atoms with Crippen LogP contribution in [0.15, 0.2) is 66.9 Å². The van der Waals surface area contributed by atoms with E-state index in [4.69, 9.17) is 25.4 Å². The molecule has 5 heterocycles. The van der Waals surface area contributed by atoms with E-state index in [0.29, 0.717) is 47.2 Å². The van der Waals surface area contributed by atoms with Crippen molar-refractivity contribution < 1.29 is 42.3 Å². The number of carbonyl (C=O) groups excluding carboxylic acids is 5. The Morgan fingerprint density at radius 3 is 2.31 bits per heavy atom. The Morgan fingerprint density at radius 2 is 1.59 bits per heavy atom. The van der Waals surface area contributed by atoms with Gasteiger partial charge in [0, 0.05) is 83.4 Å². The lowest BCUT2D eigenvalue weighted by molar-refractivity contribution is -0.136. The summed E-state index contributed by atoms with van der Waals surface area (Å²) < 4.78 is 29.4. The van der Waals surface area contributed by atoms with Crippen LogP contribution in [0.1, 0.15) is 46.4 Å². The average Bonchev–Trinajstić information content (AvgIpc) is 3.56. The van der Waals surface area contributed by atoms with Crippen LogP contribution in [0.3, 0.4) is 0 Å². The molecule has 3 saturated heterocycles. The number of halogens is 1. The van der Waals surface area contributed by atoms with Crippen molar-refractivity contribution in [2.24, 2.45) is 0 Å². The highest BCUT2D eigenvalue weighted by atomic mass is 35.5. The molecule has 0 radical (unpaired) electrons. The molecule has 0 saturated carbocycles. The summed E-state index contributed by atoms with van der Waals surface area (Å²) in [6.07, 6.45) is 3.50. The third kappa shape index (κ3) is 9.12. The predicted octanol–water partition coefficient (Wildman–Crippen LogP) is 4.36. The molecule has 64 heavy (non-hydrogen) atoms. The van der Waals surface area contributed by atoms with Gasteiger partial charge in [0.05, 0.1) is 47.7 Å². The number of nitrogens with zero attached hydrogens (tertiary/aromatic N) is 6. The molecule has 4 aliphatic heterocycles. The first kappa shape index (κ1) is 44.5. The maximum absolute atomic E-state index is 13.3. The van der Waals surface area contributed by atoms with Gasteiger partial charge in [0.15, 0.2) is 5.82 Å². The number of rotatable bonds is 14. The Morgan fingerprint density at radius 1 is 0.859 bits per heavy atom. The Bertz CT molecular complexity index is 2520. The number of hydrogen-bond acceptors (Lipinski definition) is 16. The lowest BCUT2D eigenvalue weighted by Gasteiger charge is -2.43. The van der Waals surface area contributed by atoms with Crippen LogP contribution < -0.4 is 36.2 Å². The number of anilines is 6. The van der Waals surface area contributed by atoms with Crippen LogP contribution in [0, 0.1) is 0 Å². The van der Waals surface area contributed by atoms with Gasteiger partial charge in [-0.25, -0.2) is 4.98 Å². The van der Waals surface area contributed by atoms with E-state index in [2.05, 4.69) is 41.0 Å². The van der Waals surface area contributed by atoms with Crippen LogP contribution in [0.25, 0.3) is 0 Å². The van der Waals surface area contributed by atoms with Crippen molar-refractivity contribution >= 4 is 88.6 Å². The van der Waals surface area contributed by atoms with Crippen molar-refractivity contribution in [2.45, 2.75) is 37.8 Å². The van der Waals surface area contributed by atoms with Crippen molar-refractivity contribution in [3.63, 3.8) is 0 Å². The number of aromatic nitrogens is 2. The van der Waals surface area contributed by atoms with Crippen LogP contribution in [0.4, 0.5) is 34.5 Å². The summed E-state index contributed by atoms with van der Waals surface area (Å²) >= 11 is 6.48. The number of fused-ring (bicyclic) bond motifs is 1. The van der Waals surface area contributed by atoms with Gasteiger partial charge < -0.3 is 39.5 Å². The van der Waals surface area contributed by atoms with Gasteiger partial charge in [-0.15, -0.1) is 0 Å². The molecule has 0 aliphatic carbocycles. The summed E-state index contributed by atoms with van der Waals surface area (Å²) in [4.78, 5) is 80.0. The number of piperidine rings is 2. The molecule has 4 N–H and O–H groups in total. The van der Waals surface area contributed by atoms with Gasteiger partial charge >= 0.3 is 7.60 Å². The Hall–Kier alpha value is -6.11. The number of benzene rings is 3. The summed E-state index contributed by atoms with van der Waals surface area (Å²) in [6.45, 7) is 4.41. The zero-order valence-corrected chi connectivity index (χ0v) is 37.1. The fraction of sp³-hybridized carbons (Fsp3) is 0.372. The summed E-state index contributed by atoms with van der Waals surface area (Å²) in [5.74, 6) is -1.21. The Balaban J connectivity index is 0.810. The second kappa shape index (κ2) is 18.9. The molecule has 5 amide bonds. The molecule has 4 aromatic rings. The minimum absolute atomic E-state index is 0.0174. The molecule has 1 unspecified atom stereocenters. The topological polar surface area (TPSA) is 217 Å². The van der Waals surface area contributed by atoms with Crippen LogP contribution >= 0.6 is 19.2 Å². The lowest BCUT2D eigenvalue weighted by Crippen LogP contribution is -2.55. The van der Waals surface area contributed by atoms with E-state index in [1.54, 1.807) is 37.4 Å². The number of para-hydroxylation sites is 1. The SMILES string of the molecule is COc1cc(N2CCC(N3CCN(C(=O)CNc4ccc5c(c4)C(=O)N(C4CCC(=O)NC4=O)C5=O)CC3)CC2)ccc1Nc1ncc(Cl)c(Nc2ccccc2P(=O)(OC)OC)n1. The lowest BCUT2D eigenvalue weighted by atomic mass is 10.0. The molecule has 1 aromatic heterocycles. The van der Waals surface area contributed by atoms with E-state index in [9.17, 15) is 28.5 Å². The molecule has 21 heteroatoms. The average molecular weight is 915 g/mol. The molecule has 0 spiro atoms. The highest BCUT2D eigenvalue weighted by Crippen LogP contribution is 2.47. The maximum Gasteiger partial charge on any atom is 0.362 e. The van der Waals surface area contributed by atoms with E-state index in [1.165, 1.54) is 32.5 Å². The van der Waals surface area contributed by atoms with E-state index >= 15 is 0 Å². The molecule has 8 rings (SSSR count). The number of hydrogen-bond donors (Lipinski definition) is 4. The van der Waals surface area contributed by atoms with Gasteiger partial charge in [-0.2, -0.15) is 4.98 Å². The summed E-state index contributed by atoms with van der Waals surface area (Å²) in [5.41, 5.74) is 2.96. The molecular weight excluding hydrogens is 867 g/mol. The third-order valence-electron chi connectivity index (χ3n) is 12.0. The fourth-order valence-corrected chi connectivity index (χ4v) is 9.90. The van der Waals surface area contributed by atoms with E-state index in [0.717, 1.165) is 49.6 Å². The second-order valence-corrected chi connectivity index (χ2v) is 18.2. The number of piperazine rings is 1. The molecule has 0 bridgehead atoms. The number of nitrogens with one attached hydrogen (secondary N) is 4. The van der Waals surface area contributed by atoms with Crippen molar-refractivity contribution in [2.75, 3.05) is 88.0 Å². The first-order valence-electron chi connectivity index (χ1n) is 20.8. The minimum Gasteiger partial charge on any atom is -0.494 e. The molecule has 3 fully saturated rings. The smallest absolute Gasteiger partial charge is 0.362 e. The maximum atomic E-state index is 13.3. The van der Waals surface area contributed by atoms with Crippen molar-refractivity contribution in [1.29, 1.82) is 0 Å². The predicted molar refractivity (Wildman–Crippen MR) is 239 cm³/mol. The zero-order valence-electron chi connectivity index (χ0n) is 35.5. The van der Waals surface area contributed by atoms with Crippen molar-refractivity contribution in [3.8, 4) is 5.75 Å². The van der Waals surface area contributed by atoms with Crippen LogP contribution in [0.2, 0.25) is 5.02 Å². The second-order valence-electron chi connectivity index (χ2n) is 15.6. The summed E-state index contributed by atoms with van der Waals surface area (Å²) in [5, 5.41) is 12.2. The zero-order chi connectivity index (χ0) is 45.1. The van der Waals surface area contributed by atoms with E-state index < -0.39 is 37.3 Å². The molecule has 336 valence electrons. The van der Waals surface area contributed by atoms with Crippen LogP contribution in [0.5, 0.6) is 5.75 Å². The minimum atomic E-state index is -3.58. The van der Waals surface area contributed by atoms with Gasteiger partial charge in [0.1, 0.15) is 16.8 Å². The molecular formula is C43H48ClN10O9P. The largest absolute Gasteiger partial charge is 0.494 e. The molecule has 19 nitrogen and oxygen atoms in total. The quantitative estimate of drug-likeness (QED) is 0.102. The normalized spacial score (nSPS) is 18.5. The van der Waals surface area contributed by atoms with Gasteiger partial charge in [0.25, 0.3) is 11.8 Å². The van der Waals surface area contributed by atoms with Gasteiger partial charge in [-0.3, -0.25) is 43.7 Å². The first-order valence-corrected chi connectivity index (χ1v) is 22.7. The van der Waals surface area contributed by atoms with Gasteiger partial charge in [-0.1, -0.05) is 23.7 Å². The van der Waals surface area contributed by atoms with Gasteiger partial charge in [-0.05, 0) is 61.7 Å². The standard InChI is InChI=1S/C43H48ClN10O9P/c1-61-35-23-28(9-11-32(35)48-43-46-24-31(44)39(50-43)47-33-6-4-5-7-36(33)64(60,62-2)63-3)51-16-14-27(15-17-51)52-18-20-53(21-19-52)38(56)25-45-26-8-10-29-30(22-26)42(59)54(41(29)58)34-12-13-37(55)49-40(34)57/h4-11,22-24,27,34,45H,12-21,25H2,1-3H3,(H,49,55,57)(H2,46,47,48,50). The number of carbonyl (C=O) groups is 5. The summed E-state index contributed by atoms with van der Waals surface area (Å²) in [6, 6.07) is 16.8. The molecule has 3 aromatic carbocycles. The highest BCUT2D eigenvalue weighted by molar-refractivity contribution is 7.62. The van der Waals surface area contributed by atoms with E-state index in [-0.39, 0.29) is 53.2 Å². The van der Waals surface area contributed by atoms with Crippen LogP contribution in [-0.2, 0) is 28.0 Å². The Labute approximate surface area is 374 Å². The Kier molecular flexibility index (Phi) is 13.2. The van der Waals surface area contributed by atoms with Crippen LogP contribution in [-0.4, -0.2) is 133 Å². The summed E-state index contributed by atoms with van der Waals surface area (Å²) in [7, 11) is 0.660. The number of imide groups is 2. The number of ether oxygens (including phenoxy) is 1. The van der Waals surface area contributed by atoms with E-state index in [1.807, 2.05) is 23.1 Å². The number of methoxy groups -OCH3 is 1.